The second kappa shape index (κ2) is 7.43. The van der Waals surface area contributed by atoms with Crippen LogP contribution in [0.25, 0.3) is 0 Å². The van der Waals surface area contributed by atoms with Gasteiger partial charge in [-0.2, -0.15) is 0 Å². The van der Waals surface area contributed by atoms with Gasteiger partial charge in [0.2, 0.25) is 0 Å². The second-order valence-corrected chi connectivity index (χ2v) is 6.33. The third-order valence-electron chi connectivity index (χ3n) is 4.36. The minimum atomic E-state index is 0.00948. The zero-order valence-electron chi connectivity index (χ0n) is 14.4. The average Bonchev–Trinajstić information content (AvgIpc) is 2.85. The number of amides is 1. The van der Waals surface area contributed by atoms with Gasteiger partial charge in [0.25, 0.3) is 5.91 Å². The molecule has 0 unspecified atom stereocenters. The number of benzene rings is 1. The van der Waals surface area contributed by atoms with Gasteiger partial charge in [0.1, 0.15) is 17.3 Å². The van der Waals surface area contributed by atoms with Crippen LogP contribution in [0.3, 0.4) is 0 Å². The number of carbonyl (C=O) groups excluding carboxylic acids is 1. The normalized spacial score (nSPS) is 15.0. The SMILES string of the molecule is Cc1nc(Nc2ccccc2C)cc(C(=O)N2CCCCCC2)n1. The summed E-state index contributed by atoms with van der Waals surface area (Å²) in [5.74, 6) is 1.27. The molecule has 2 aromatic rings. The van der Waals surface area contributed by atoms with Gasteiger partial charge in [0.05, 0.1) is 0 Å². The maximum atomic E-state index is 12.8. The molecular weight excluding hydrogens is 300 g/mol. The predicted molar refractivity (Wildman–Crippen MR) is 95.6 cm³/mol. The van der Waals surface area contributed by atoms with Crippen LogP contribution in [0.5, 0.6) is 0 Å². The molecule has 1 aromatic carbocycles. The lowest BCUT2D eigenvalue weighted by atomic mass is 10.2. The van der Waals surface area contributed by atoms with Crippen molar-refractivity contribution in [2.24, 2.45) is 0 Å². The first kappa shape index (κ1) is 16.4. The summed E-state index contributed by atoms with van der Waals surface area (Å²) in [5.41, 5.74) is 2.60. The van der Waals surface area contributed by atoms with E-state index in [1.807, 2.05) is 43.0 Å². The first-order valence-electron chi connectivity index (χ1n) is 8.61. The highest BCUT2D eigenvalue weighted by Crippen LogP contribution is 2.20. The van der Waals surface area contributed by atoms with Gasteiger partial charge in [-0.05, 0) is 38.3 Å². The van der Waals surface area contributed by atoms with E-state index in [1.54, 1.807) is 6.07 Å². The molecule has 0 aliphatic carbocycles. The molecule has 1 fully saturated rings. The summed E-state index contributed by atoms with van der Waals surface area (Å²) < 4.78 is 0. The lowest BCUT2D eigenvalue weighted by Crippen LogP contribution is -2.32. The smallest absolute Gasteiger partial charge is 0.272 e. The summed E-state index contributed by atoms with van der Waals surface area (Å²) in [4.78, 5) is 23.5. The summed E-state index contributed by atoms with van der Waals surface area (Å²) in [5, 5.41) is 3.30. The number of rotatable bonds is 3. The van der Waals surface area contributed by atoms with E-state index in [2.05, 4.69) is 15.3 Å². The van der Waals surface area contributed by atoms with Crippen LogP contribution < -0.4 is 5.32 Å². The molecule has 1 saturated heterocycles. The monoisotopic (exact) mass is 324 g/mol. The van der Waals surface area contributed by atoms with Gasteiger partial charge in [0, 0.05) is 24.8 Å². The molecule has 126 valence electrons. The summed E-state index contributed by atoms with van der Waals surface area (Å²) in [6, 6.07) is 9.78. The zero-order valence-corrected chi connectivity index (χ0v) is 14.4. The Morgan fingerprint density at radius 2 is 1.75 bits per heavy atom. The largest absolute Gasteiger partial charge is 0.340 e. The number of anilines is 2. The molecule has 0 spiro atoms. The Labute approximate surface area is 143 Å². The predicted octanol–water partition coefficient (Wildman–Crippen LogP) is 3.85. The van der Waals surface area contributed by atoms with Crippen LogP contribution in [0.4, 0.5) is 11.5 Å². The van der Waals surface area contributed by atoms with Crippen molar-refractivity contribution >= 4 is 17.4 Å². The molecule has 3 rings (SSSR count). The van der Waals surface area contributed by atoms with E-state index in [0.29, 0.717) is 17.3 Å². The Morgan fingerprint density at radius 1 is 1.04 bits per heavy atom. The second-order valence-electron chi connectivity index (χ2n) is 6.33. The molecule has 1 aliphatic rings. The summed E-state index contributed by atoms with van der Waals surface area (Å²) in [6.07, 6.45) is 4.55. The number of carbonyl (C=O) groups is 1. The van der Waals surface area contributed by atoms with E-state index in [4.69, 9.17) is 0 Å². The van der Waals surface area contributed by atoms with Crippen LogP contribution in [0.1, 0.15) is 47.6 Å². The number of para-hydroxylation sites is 1. The number of hydrogen-bond acceptors (Lipinski definition) is 4. The van der Waals surface area contributed by atoms with E-state index in [1.165, 1.54) is 12.8 Å². The molecule has 0 radical (unpaired) electrons. The van der Waals surface area contributed by atoms with Crippen molar-refractivity contribution in [1.29, 1.82) is 0 Å². The Kier molecular flexibility index (Phi) is 5.08. The number of nitrogens with one attached hydrogen (secondary N) is 1. The van der Waals surface area contributed by atoms with Gasteiger partial charge in [-0.25, -0.2) is 9.97 Å². The Hall–Kier alpha value is -2.43. The quantitative estimate of drug-likeness (QED) is 0.931. The van der Waals surface area contributed by atoms with Gasteiger partial charge >= 0.3 is 0 Å². The molecule has 1 aliphatic heterocycles. The van der Waals surface area contributed by atoms with Crippen molar-refractivity contribution < 1.29 is 4.79 Å². The molecule has 1 amide bonds. The third kappa shape index (κ3) is 3.91. The Bertz CT molecular complexity index is 721. The highest BCUT2D eigenvalue weighted by molar-refractivity contribution is 5.93. The molecule has 1 N–H and O–H groups in total. The molecule has 24 heavy (non-hydrogen) atoms. The first-order chi connectivity index (χ1) is 11.6. The van der Waals surface area contributed by atoms with Gasteiger partial charge in [-0.3, -0.25) is 4.79 Å². The van der Waals surface area contributed by atoms with Crippen LogP contribution in [0.2, 0.25) is 0 Å². The van der Waals surface area contributed by atoms with Gasteiger partial charge in [0.15, 0.2) is 0 Å². The highest BCUT2D eigenvalue weighted by atomic mass is 16.2. The maximum Gasteiger partial charge on any atom is 0.272 e. The number of aryl methyl sites for hydroxylation is 2. The molecule has 0 atom stereocenters. The van der Waals surface area contributed by atoms with Gasteiger partial charge in [-0.15, -0.1) is 0 Å². The van der Waals surface area contributed by atoms with Crippen molar-refractivity contribution in [1.82, 2.24) is 14.9 Å². The van der Waals surface area contributed by atoms with Crippen LogP contribution in [0.15, 0.2) is 30.3 Å². The van der Waals surface area contributed by atoms with Crippen molar-refractivity contribution in [2.45, 2.75) is 39.5 Å². The third-order valence-corrected chi connectivity index (χ3v) is 4.36. The zero-order chi connectivity index (χ0) is 16.9. The molecule has 5 heteroatoms. The van der Waals surface area contributed by atoms with Crippen molar-refractivity contribution in [3.8, 4) is 0 Å². The number of hydrogen-bond donors (Lipinski definition) is 1. The van der Waals surface area contributed by atoms with E-state index in [0.717, 1.165) is 37.2 Å². The van der Waals surface area contributed by atoms with Crippen LogP contribution in [0, 0.1) is 13.8 Å². The van der Waals surface area contributed by atoms with Crippen LogP contribution >= 0.6 is 0 Å². The fourth-order valence-electron chi connectivity index (χ4n) is 3.03. The molecule has 5 nitrogen and oxygen atoms in total. The Balaban J connectivity index is 1.83. The number of aromatic nitrogens is 2. The molecule has 2 heterocycles. The summed E-state index contributed by atoms with van der Waals surface area (Å²) in [7, 11) is 0. The van der Waals surface area contributed by atoms with E-state index in [-0.39, 0.29) is 5.91 Å². The first-order valence-corrected chi connectivity index (χ1v) is 8.61. The van der Waals surface area contributed by atoms with Crippen molar-refractivity contribution in [2.75, 3.05) is 18.4 Å². The van der Waals surface area contributed by atoms with Crippen LogP contribution in [-0.4, -0.2) is 33.9 Å². The van der Waals surface area contributed by atoms with E-state index in [9.17, 15) is 4.79 Å². The lowest BCUT2D eigenvalue weighted by molar-refractivity contribution is 0.0755. The molecule has 1 aromatic heterocycles. The number of nitrogens with zero attached hydrogens (tertiary/aromatic N) is 3. The van der Waals surface area contributed by atoms with E-state index < -0.39 is 0 Å². The number of likely N-dealkylation sites (tertiary alicyclic amines) is 1. The minimum Gasteiger partial charge on any atom is -0.340 e. The van der Waals surface area contributed by atoms with Crippen molar-refractivity contribution in [3.63, 3.8) is 0 Å². The van der Waals surface area contributed by atoms with Crippen molar-refractivity contribution in [3.05, 3.63) is 47.4 Å². The standard InChI is InChI=1S/C19H24N4O/c1-14-9-5-6-10-16(14)22-18-13-17(20-15(2)21-18)19(24)23-11-7-3-4-8-12-23/h5-6,9-10,13H,3-4,7-8,11-12H2,1-2H3,(H,20,21,22). The van der Waals surface area contributed by atoms with Crippen LogP contribution in [-0.2, 0) is 0 Å². The average molecular weight is 324 g/mol. The Morgan fingerprint density at radius 3 is 2.46 bits per heavy atom. The minimum absolute atomic E-state index is 0.00948. The highest BCUT2D eigenvalue weighted by Gasteiger charge is 2.19. The fraction of sp³-hybridized carbons (Fsp3) is 0.421. The van der Waals surface area contributed by atoms with E-state index >= 15 is 0 Å². The molecule has 0 saturated carbocycles. The van der Waals surface area contributed by atoms with Gasteiger partial charge < -0.3 is 10.2 Å². The van der Waals surface area contributed by atoms with Gasteiger partial charge in [-0.1, -0.05) is 31.0 Å². The topological polar surface area (TPSA) is 58.1 Å². The summed E-state index contributed by atoms with van der Waals surface area (Å²) in [6.45, 7) is 5.51. The molecular formula is C19H24N4O. The maximum absolute atomic E-state index is 12.8. The molecule has 0 bridgehead atoms. The lowest BCUT2D eigenvalue weighted by Gasteiger charge is -2.20. The fourth-order valence-corrected chi connectivity index (χ4v) is 3.03. The summed E-state index contributed by atoms with van der Waals surface area (Å²) >= 11 is 0.